The first kappa shape index (κ1) is 25.2. The number of carbonyl (C=O) groups is 2. The van der Waals surface area contributed by atoms with Crippen molar-refractivity contribution in [2.45, 2.75) is 49.3 Å². The fraction of sp³-hybridized carbons (Fsp3) is 0.360. The second kappa shape index (κ2) is 11.2. The van der Waals surface area contributed by atoms with Crippen molar-refractivity contribution >= 4 is 40.1 Å². The van der Waals surface area contributed by atoms with Crippen molar-refractivity contribution in [1.82, 2.24) is 15.2 Å². The first-order valence-corrected chi connectivity index (χ1v) is 12.5. The highest BCUT2D eigenvalue weighted by Gasteiger charge is 2.38. The molecule has 0 radical (unpaired) electrons. The summed E-state index contributed by atoms with van der Waals surface area (Å²) >= 11 is 7.55. The number of allylic oxidation sites excluding steroid dienone is 1. The predicted octanol–water partition coefficient (Wildman–Crippen LogP) is 2.81. The number of likely N-dealkylation sites (tertiary alicyclic amines) is 1. The number of hydrogen-bond acceptors (Lipinski definition) is 7. The normalized spacial score (nSPS) is 21.2. The van der Waals surface area contributed by atoms with Gasteiger partial charge in [0.2, 0.25) is 0 Å². The molecule has 1 fully saturated rings. The van der Waals surface area contributed by atoms with Gasteiger partial charge in [-0.25, -0.2) is 0 Å². The van der Waals surface area contributed by atoms with Crippen molar-refractivity contribution in [3.63, 3.8) is 0 Å². The van der Waals surface area contributed by atoms with Gasteiger partial charge in [-0.3, -0.25) is 14.6 Å². The molecule has 0 spiro atoms. The Labute approximate surface area is 212 Å². The number of carbonyl (C=O) groups excluding carboxylic acids is 2. The lowest BCUT2D eigenvalue weighted by molar-refractivity contribution is -0.153. The summed E-state index contributed by atoms with van der Waals surface area (Å²) in [5, 5.41) is 32.8. The molecule has 10 heteroatoms. The van der Waals surface area contributed by atoms with Crippen LogP contribution in [0.15, 0.2) is 48.7 Å². The van der Waals surface area contributed by atoms with Gasteiger partial charge in [-0.2, -0.15) is 5.26 Å². The third-order valence-electron chi connectivity index (χ3n) is 6.06. The van der Waals surface area contributed by atoms with E-state index in [0.29, 0.717) is 30.0 Å². The zero-order chi connectivity index (χ0) is 24.9. The average Bonchev–Trinajstić information content (AvgIpc) is 3.56. The molecule has 2 aromatic rings. The lowest BCUT2D eigenvalue weighted by Gasteiger charge is -2.28. The Hall–Kier alpha value is -2.90. The summed E-state index contributed by atoms with van der Waals surface area (Å²) in [6, 6.07) is 12.7. The van der Waals surface area contributed by atoms with E-state index in [1.807, 2.05) is 12.1 Å². The lowest BCUT2D eigenvalue weighted by Crippen LogP contribution is -2.50. The molecule has 2 aliphatic heterocycles. The molecule has 182 valence electrons. The maximum Gasteiger partial charge on any atom is 0.255 e. The molecule has 0 bridgehead atoms. The Bertz CT molecular complexity index is 1170. The van der Waals surface area contributed by atoms with Gasteiger partial charge >= 0.3 is 0 Å². The van der Waals surface area contributed by atoms with Crippen LogP contribution < -0.4 is 5.32 Å². The quantitative estimate of drug-likeness (QED) is 0.520. The molecule has 4 rings (SSSR count). The van der Waals surface area contributed by atoms with Gasteiger partial charge in [0.1, 0.15) is 0 Å². The molecule has 3 N–H and O–H groups in total. The van der Waals surface area contributed by atoms with Gasteiger partial charge in [0.15, 0.2) is 12.2 Å². The molecule has 0 saturated carbocycles. The number of pyridine rings is 1. The Balaban J connectivity index is 1.32. The Kier molecular flexibility index (Phi) is 8.08. The molecule has 35 heavy (non-hydrogen) atoms. The summed E-state index contributed by atoms with van der Waals surface area (Å²) in [6.07, 6.45) is 1.93. The molecule has 2 amide bonds. The monoisotopic (exact) mass is 512 g/mol. The maximum atomic E-state index is 12.9. The molecular weight excluding hydrogens is 488 g/mol. The van der Waals surface area contributed by atoms with Gasteiger partial charge in [0.05, 0.1) is 23.1 Å². The zero-order valence-electron chi connectivity index (χ0n) is 18.8. The SMILES string of the molecule is N#CC1CC=C(c2ccc(CNC(=O)[C@H](O)[C@@H](O)C(=O)N3CCCC3c3cccc(Cl)c3)cn2)S1. The number of nitrogens with zero attached hydrogens (tertiary/aromatic N) is 3. The minimum Gasteiger partial charge on any atom is -0.380 e. The molecule has 0 aliphatic carbocycles. The summed E-state index contributed by atoms with van der Waals surface area (Å²) in [7, 11) is 0. The van der Waals surface area contributed by atoms with Gasteiger partial charge < -0.3 is 20.4 Å². The van der Waals surface area contributed by atoms with Gasteiger partial charge in [-0.1, -0.05) is 35.9 Å². The molecule has 3 heterocycles. The largest absolute Gasteiger partial charge is 0.380 e. The number of nitrogens with one attached hydrogen (secondary N) is 1. The number of hydrogen-bond donors (Lipinski definition) is 3. The number of halogens is 1. The number of aromatic nitrogens is 1. The molecule has 2 aliphatic rings. The first-order chi connectivity index (χ1) is 16.9. The molecule has 1 saturated heterocycles. The van der Waals surface area contributed by atoms with Crippen molar-refractivity contribution in [2.75, 3.05) is 6.54 Å². The van der Waals surface area contributed by atoms with E-state index in [9.17, 15) is 19.8 Å². The van der Waals surface area contributed by atoms with E-state index < -0.39 is 24.0 Å². The minimum absolute atomic E-state index is 0.0753. The van der Waals surface area contributed by atoms with Crippen LogP contribution in [-0.2, 0) is 16.1 Å². The van der Waals surface area contributed by atoms with Crippen LogP contribution in [0.3, 0.4) is 0 Å². The highest BCUT2D eigenvalue weighted by Crippen LogP contribution is 2.38. The van der Waals surface area contributed by atoms with Crippen LogP contribution in [0.5, 0.6) is 0 Å². The van der Waals surface area contributed by atoms with Gasteiger partial charge in [0.25, 0.3) is 11.8 Å². The number of rotatable bonds is 7. The maximum absolute atomic E-state index is 12.9. The summed E-state index contributed by atoms with van der Waals surface area (Å²) < 4.78 is 0. The van der Waals surface area contributed by atoms with Crippen LogP contribution in [0, 0.1) is 11.3 Å². The second-order valence-corrected chi connectivity index (χ2v) is 10.1. The van der Waals surface area contributed by atoms with Crippen LogP contribution >= 0.6 is 23.4 Å². The molecule has 1 aromatic heterocycles. The van der Waals surface area contributed by atoms with Crippen LogP contribution in [-0.4, -0.2) is 55.9 Å². The van der Waals surface area contributed by atoms with Crippen LogP contribution in [0.25, 0.3) is 4.91 Å². The number of benzene rings is 1. The minimum atomic E-state index is -1.90. The highest BCUT2D eigenvalue weighted by molar-refractivity contribution is 8.09. The molecular formula is C25H25ClN4O4S. The summed E-state index contributed by atoms with van der Waals surface area (Å²) in [5.74, 6) is -1.54. The Morgan fingerprint density at radius 1 is 1.29 bits per heavy atom. The van der Waals surface area contributed by atoms with Crippen molar-refractivity contribution in [3.05, 3.63) is 70.5 Å². The highest BCUT2D eigenvalue weighted by atomic mass is 35.5. The molecule has 2 unspecified atom stereocenters. The van der Waals surface area contributed by atoms with Crippen molar-refractivity contribution in [1.29, 1.82) is 5.26 Å². The summed E-state index contributed by atoms with van der Waals surface area (Å²) in [4.78, 5) is 32.2. The number of nitriles is 1. The zero-order valence-corrected chi connectivity index (χ0v) is 20.4. The Morgan fingerprint density at radius 2 is 2.11 bits per heavy atom. The van der Waals surface area contributed by atoms with E-state index in [0.717, 1.165) is 22.6 Å². The van der Waals surface area contributed by atoms with Crippen molar-refractivity contribution in [3.8, 4) is 6.07 Å². The first-order valence-electron chi connectivity index (χ1n) is 11.3. The van der Waals surface area contributed by atoms with E-state index in [2.05, 4.69) is 16.4 Å². The number of aliphatic hydroxyl groups is 2. The molecule has 8 nitrogen and oxygen atoms in total. The van der Waals surface area contributed by atoms with E-state index in [4.69, 9.17) is 16.9 Å². The lowest BCUT2D eigenvalue weighted by atomic mass is 10.0. The van der Waals surface area contributed by atoms with Crippen molar-refractivity contribution in [2.24, 2.45) is 0 Å². The second-order valence-electron chi connectivity index (χ2n) is 8.44. The number of aliphatic hydroxyl groups excluding tert-OH is 2. The van der Waals surface area contributed by atoms with Crippen LogP contribution in [0.2, 0.25) is 5.02 Å². The number of amides is 2. The van der Waals surface area contributed by atoms with Gasteiger partial charge in [0, 0.05) is 29.2 Å². The van der Waals surface area contributed by atoms with Gasteiger partial charge in [-0.05, 0) is 48.6 Å². The van der Waals surface area contributed by atoms with Crippen LogP contribution in [0.4, 0.5) is 0 Å². The smallest absolute Gasteiger partial charge is 0.255 e. The number of thioether (sulfide) groups is 1. The third-order valence-corrected chi connectivity index (χ3v) is 7.51. The van der Waals surface area contributed by atoms with Crippen LogP contribution in [0.1, 0.15) is 42.1 Å². The molecule has 4 atom stereocenters. The summed E-state index contributed by atoms with van der Waals surface area (Å²) in [6.45, 7) is 0.495. The topological polar surface area (TPSA) is 127 Å². The fourth-order valence-electron chi connectivity index (χ4n) is 4.22. The standard InChI is InChI=1S/C25H25ClN4O4S/c26-17-4-1-3-16(11-17)20-5-2-10-30(20)25(34)23(32)22(31)24(33)29-14-15-6-8-19(28-13-15)21-9-7-18(12-27)35-21/h1,3-4,6,8-9,11,13,18,20,22-23,31-32H,2,5,7,10,14H2,(H,29,33)/t18?,20?,22-,23-/m1/s1. The molecule has 1 aromatic carbocycles. The van der Waals surface area contributed by atoms with E-state index in [1.54, 1.807) is 36.5 Å². The fourth-order valence-corrected chi connectivity index (χ4v) is 5.40. The third kappa shape index (κ3) is 5.85. The van der Waals surface area contributed by atoms with Crippen molar-refractivity contribution < 1.29 is 19.8 Å². The summed E-state index contributed by atoms with van der Waals surface area (Å²) in [5.41, 5.74) is 2.29. The average molecular weight is 513 g/mol. The van der Waals surface area contributed by atoms with E-state index in [1.165, 1.54) is 16.7 Å². The van der Waals surface area contributed by atoms with E-state index in [-0.39, 0.29) is 17.8 Å². The predicted molar refractivity (Wildman–Crippen MR) is 133 cm³/mol. The Morgan fingerprint density at radius 3 is 2.80 bits per heavy atom. The van der Waals surface area contributed by atoms with E-state index >= 15 is 0 Å². The van der Waals surface area contributed by atoms with Gasteiger partial charge in [-0.15, -0.1) is 11.8 Å².